The van der Waals surface area contributed by atoms with Gasteiger partial charge in [0.25, 0.3) is 0 Å². The minimum absolute atomic E-state index is 0.547. The monoisotopic (exact) mass is 243 g/mol. The van der Waals surface area contributed by atoms with Crippen LogP contribution in [-0.2, 0) is 0 Å². The summed E-state index contributed by atoms with van der Waals surface area (Å²) in [5.41, 5.74) is 2.15. The van der Waals surface area contributed by atoms with Gasteiger partial charge in [0.05, 0.1) is 19.9 Å². The molecule has 0 N–H and O–H groups in total. The Morgan fingerprint density at radius 3 is 2.50 bits per heavy atom. The van der Waals surface area contributed by atoms with Crippen molar-refractivity contribution in [2.45, 2.75) is 0 Å². The van der Waals surface area contributed by atoms with Gasteiger partial charge < -0.3 is 9.47 Å². The highest BCUT2D eigenvalue weighted by Gasteiger charge is 2.08. The molecule has 92 valence electrons. The van der Waals surface area contributed by atoms with Crippen molar-refractivity contribution in [3.8, 4) is 22.8 Å². The molecule has 0 saturated heterocycles. The quantitative estimate of drug-likeness (QED) is 0.774. The maximum absolute atomic E-state index is 10.6. The Balaban J connectivity index is 2.45. The highest BCUT2D eigenvalue weighted by atomic mass is 16.5. The predicted octanol–water partition coefficient (Wildman–Crippen LogP) is 2.58. The van der Waals surface area contributed by atoms with Gasteiger partial charge in [0.2, 0.25) is 0 Å². The van der Waals surface area contributed by atoms with Crippen molar-refractivity contribution in [2.75, 3.05) is 14.2 Å². The second kappa shape index (κ2) is 5.31. The molecule has 0 spiro atoms. The summed E-state index contributed by atoms with van der Waals surface area (Å²) in [6.07, 6.45) is 2.30. The number of pyridine rings is 1. The number of aldehydes is 1. The van der Waals surface area contributed by atoms with Crippen molar-refractivity contribution in [3.63, 3.8) is 0 Å². The number of hydrogen-bond acceptors (Lipinski definition) is 4. The van der Waals surface area contributed by atoms with E-state index in [9.17, 15) is 4.79 Å². The zero-order valence-corrected chi connectivity index (χ0v) is 10.2. The van der Waals surface area contributed by atoms with Gasteiger partial charge in [-0.2, -0.15) is 0 Å². The molecule has 4 nitrogen and oxygen atoms in total. The number of rotatable bonds is 4. The summed E-state index contributed by atoms with van der Waals surface area (Å²) in [4.78, 5) is 14.8. The van der Waals surface area contributed by atoms with Crippen LogP contribution in [0.3, 0.4) is 0 Å². The first kappa shape index (κ1) is 12.1. The number of carbonyl (C=O) groups is 1. The zero-order chi connectivity index (χ0) is 13.0. The van der Waals surface area contributed by atoms with E-state index in [2.05, 4.69) is 4.98 Å². The number of methoxy groups -OCH3 is 2. The fraction of sp³-hybridized carbons (Fsp3) is 0.143. The van der Waals surface area contributed by atoms with Crippen LogP contribution in [0.1, 0.15) is 10.4 Å². The number of ether oxygens (including phenoxy) is 2. The van der Waals surface area contributed by atoms with Crippen molar-refractivity contribution < 1.29 is 14.3 Å². The Morgan fingerprint density at radius 1 is 1.11 bits per heavy atom. The van der Waals surface area contributed by atoms with E-state index in [-0.39, 0.29) is 0 Å². The van der Waals surface area contributed by atoms with E-state index in [0.29, 0.717) is 11.3 Å². The van der Waals surface area contributed by atoms with Gasteiger partial charge in [0, 0.05) is 23.4 Å². The standard InChI is InChI=1S/C14H13NO3/c1-17-11-4-5-12(14(7-11)18-2)13-6-3-10(9-16)8-15-13/h3-9H,1-2H3. The van der Waals surface area contributed by atoms with Crippen LogP contribution in [0.15, 0.2) is 36.5 Å². The third-order valence-electron chi connectivity index (χ3n) is 2.61. The molecule has 0 fully saturated rings. The van der Waals surface area contributed by atoms with E-state index in [1.54, 1.807) is 32.4 Å². The van der Waals surface area contributed by atoms with Crippen LogP contribution in [0.5, 0.6) is 11.5 Å². The Bertz CT molecular complexity index is 549. The summed E-state index contributed by atoms with van der Waals surface area (Å²) < 4.78 is 10.4. The van der Waals surface area contributed by atoms with Crippen LogP contribution in [0.4, 0.5) is 0 Å². The van der Waals surface area contributed by atoms with Crippen LogP contribution >= 0.6 is 0 Å². The molecule has 0 aliphatic rings. The number of hydrogen-bond donors (Lipinski definition) is 0. The molecule has 0 amide bonds. The highest BCUT2D eigenvalue weighted by molar-refractivity contribution is 5.76. The van der Waals surface area contributed by atoms with Gasteiger partial charge in [0.1, 0.15) is 11.5 Å². The van der Waals surface area contributed by atoms with Crippen molar-refractivity contribution in [1.29, 1.82) is 0 Å². The Morgan fingerprint density at radius 2 is 1.94 bits per heavy atom. The molecular weight excluding hydrogens is 230 g/mol. The largest absolute Gasteiger partial charge is 0.497 e. The van der Waals surface area contributed by atoms with Crippen molar-refractivity contribution in [1.82, 2.24) is 4.98 Å². The Hall–Kier alpha value is -2.36. The molecule has 2 aromatic rings. The summed E-state index contributed by atoms with van der Waals surface area (Å²) in [7, 11) is 3.20. The van der Waals surface area contributed by atoms with Crippen molar-refractivity contribution in [2.24, 2.45) is 0 Å². The van der Waals surface area contributed by atoms with Crippen molar-refractivity contribution in [3.05, 3.63) is 42.1 Å². The molecule has 1 heterocycles. The van der Waals surface area contributed by atoms with Gasteiger partial charge in [-0.05, 0) is 24.3 Å². The lowest BCUT2D eigenvalue weighted by atomic mass is 10.1. The lowest BCUT2D eigenvalue weighted by molar-refractivity contribution is 0.112. The van der Waals surface area contributed by atoms with Gasteiger partial charge in [-0.25, -0.2) is 0 Å². The van der Waals surface area contributed by atoms with E-state index in [1.165, 1.54) is 6.20 Å². The Labute approximate surface area is 105 Å². The molecule has 0 bridgehead atoms. The zero-order valence-electron chi connectivity index (χ0n) is 10.2. The van der Waals surface area contributed by atoms with Crippen molar-refractivity contribution >= 4 is 6.29 Å². The maximum Gasteiger partial charge on any atom is 0.151 e. The first-order valence-corrected chi connectivity index (χ1v) is 5.42. The number of carbonyl (C=O) groups excluding carboxylic acids is 1. The number of benzene rings is 1. The van der Waals surface area contributed by atoms with Crippen LogP contribution < -0.4 is 9.47 Å². The fourth-order valence-electron chi connectivity index (χ4n) is 1.64. The predicted molar refractivity (Wildman–Crippen MR) is 68.2 cm³/mol. The second-order valence-corrected chi connectivity index (χ2v) is 3.66. The normalized spacial score (nSPS) is 9.89. The van der Waals surface area contributed by atoms with E-state index in [1.807, 2.05) is 12.1 Å². The van der Waals surface area contributed by atoms with Gasteiger partial charge in [-0.3, -0.25) is 9.78 Å². The van der Waals surface area contributed by atoms with Gasteiger partial charge in [-0.1, -0.05) is 0 Å². The summed E-state index contributed by atoms with van der Waals surface area (Å²) in [6.45, 7) is 0. The summed E-state index contributed by atoms with van der Waals surface area (Å²) in [5, 5.41) is 0. The van der Waals surface area contributed by atoms with Crippen LogP contribution in [0, 0.1) is 0 Å². The first-order chi connectivity index (χ1) is 8.78. The SMILES string of the molecule is COc1ccc(-c2ccc(C=O)cn2)c(OC)c1. The smallest absolute Gasteiger partial charge is 0.151 e. The minimum atomic E-state index is 0.547. The lowest BCUT2D eigenvalue weighted by Gasteiger charge is -2.09. The minimum Gasteiger partial charge on any atom is -0.497 e. The molecule has 0 unspecified atom stereocenters. The summed E-state index contributed by atoms with van der Waals surface area (Å²) in [5.74, 6) is 1.40. The van der Waals surface area contributed by atoms with E-state index >= 15 is 0 Å². The van der Waals surface area contributed by atoms with Gasteiger partial charge in [-0.15, -0.1) is 0 Å². The maximum atomic E-state index is 10.6. The Kier molecular flexibility index (Phi) is 3.57. The summed E-state index contributed by atoms with van der Waals surface area (Å²) >= 11 is 0. The van der Waals surface area contributed by atoms with E-state index in [4.69, 9.17) is 9.47 Å². The second-order valence-electron chi connectivity index (χ2n) is 3.66. The molecule has 2 rings (SSSR count). The molecule has 18 heavy (non-hydrogen) atoms. The molecule has 1 aromatic carbocycles. The molecule has 0 radical (unpaired) electrons. The number of aromatic nitrogens is 1. The van der Waals surface area contributed by atoms with E-state index < -0.39 is 0 Å². The third kappa shape index (κ3) is 2.32. The third-order valence-corrected chi connectivity index (χ3v) is 2.61. The van der Waals surface area contributed by atoms with Crippen LogP contribution in [-0.4, -0.2) is 25.5 Å². The topological polar surface area (TPSA) is 48.4 Å². The van der Waals surface area contributed by atoms with Crippen LogP contribution in [0.2, 0.25) is 0 Å². The molecule has 0 aliphatic carbocycles. The highest BCUT2D eigenvalue weighted by Crippen LogP contribution is 2.31. The molecule has 0 aliphatic heterocycles. The average molecular weight is 243 g/mol. The summed E-state index contributed by atoms with van der Waals surface area (Å²) in [6, 6.07) is 9.02. The molecule has 0 atom stereocenters. The first-order valence-electron chi connectivity index (χ1n) is 5.42. The molecule has 4 heteroatoms. The number of nitrogens with zero attached hydrogens (tertiary/aromatic N) is 1. The van der Waals surface area contributed by atoms with Crippen LogP contribution in [0.25, 0.3) is 11.3 Å². The van der Waals surface area contributed by atoms with Gasteiger partial charge >= 0.3 is 0 Å². The molecule has 0 saturated carbocycles. The lowest BCUT2D eigenvalue weighted by Crippen LogP contribution is -1.92. The molecule has 1 aromatic heterocycles. The fourth-order valence-corrected chi connectivity index (χ4v) is 1.64. The van der Waals surface area contributed by atoms with E-state index in [0.717, 1.165) is 23.3 Å². The average Bonchev–Trinajstić information content (AvgIpc) is 2.46. The van der Waals surface area contributed by atoms with Gasteiger partial charge in [0.15, 0.2) is 6.29 Å². The molecular formula is C14H13NO3.